The van der Waals surface area contributed by atoms with E-state index in [1.165, 1.54) is 19.3 Å². The summed E-state index contributed by atoms with van der Waals surface area (Å²) in [5, 5.41) is 9.31. The van der Waals surface area contributed by atoms with Crippen molar-refractivity contribution < 1.29 is 9.90 Å². The summed E-state index contributed by atoms with van der Waals surface area (Å²) >= 11 is 0. The maximum Gasteiger partial charge on any atom is 0.309 e. The highest BCUT2D eigenvalue weighted by Crippen LogP contribution is 2.45. The van der Waals surface area contributed by atoms with Gasteiger partial charge >= 0.3 is 5.97 Å². The van der Waals surface area contributed by atoms with Crippen molar-refractivity contribution in [3.63, 3.8) is 0 Å². The monoisotopic (exact) mass is 228 g/mol. The molecule has 16 heavy (non-hydrogen) atoms. The topological polar surface area (TPSA) is 37.3 Å². The summed E-state index contributed by atoms with van der Waals surface area (Å²) < 4.78 is 0. The van der Waals surface area contributed by atoms with Gasteiger partial charge in [-0.15, -0.1) is 0 Å². The largest absolute Gasteiger partial charge is 0.481 e. The van der Waals surface area contributed by atoms with Gasteiger partial charge in [-0.2, -0.15) is 0 Å². The highest BCUT2D eigenvalue weighted by Gasteiger charge is 2.44. The fourth-order valence-corrected chi connectivity index (χ4v) is 2.13. The van der Waals surface area contributed by atoms with Crippen LogP contribution in [0.3, 0.4) is 0 Å². The van der Waals surface area contributed by atoms with Crippen LogP contribution in [0.5, 0.6) is 0 Å². The molecule has 0 saturated heterocycles. The molecule has 0 aliphatic heterocycles. The maximum absolute atomic E-state index is 11.3. The van der Waals surface area contributed by atoms with E-state index in [2.05, 4.69) is 20.8 Å². The molecule has 1 N–H and O–H groups in total. The lowest BCUT2D eigenvalue weighted by atomic mass is 9.62. The standard InChI is InChI=1S/C14H28O2/c1-6-8-9-10-11-14(5,7-2)13(3,4)12(15)16/h6-11H2,1-5H3,(H,15,16). The van der Waals surface area contributed by atoms with E-state index in [-0.39, 0.29) is 5.41 Å². The summed E-state index contributed by atoms with van der Waals surface area (Å²) in [7, 11) is 0. The van der Waals surface area contributed by atoms with Crippen LogP contribution in [0.4, 0.5) is 0 Å². The third-order valence-electron chi connectivity index (χ3n) is 4.41. The van der Waals surface area contributed by atoms with Crippen LogP contribution in [-0.4, -0.2) is 11.1 Å². The van der Waals surface area contributed by atoms with Crippen molar-refractivity contribution in [2.45, 2.75) is 73.1 Å². The first-order valence-corrected chi connectivity index (χ1v) is 6.55. The van der Waals surface area contributed by atoms with Gasteiger partial charge in [0.1, 0.15) is 0 Å². The zero-order chi connectivity index (χ0) is 12.8. The Morgan fingerprint density at radius 2 is 1.62 bits per heavy atom. The van der Waals surface area contributed by atoms with E-state index in [4.69, 9.17) is 0 Å². The lowest BCUT2D eigenvalue weighted by molar-refractivity contribution is -0.155. The van der Waals surface area contributed by atoms with E-state index >= 15 is 0 Å². The molecular weight excluding hydrogens is 200 g/mol. The molecule has 0 fully saturated rings. The molecule has 2 heteroatoms. The molecule has 0 bridgehead atoms. The van der Waals surface area contributed by atoms with E-state index in [1.807, 2.05) is 13.8 Å². The molecule has 0 spiro atoms. The minimum Gasteiger partial charge on any atom is -0.481 e. The van der Waals surface area contributed by atoms with E-state index in [9.17, 15) is 9.90 Å². The second kappa shape index (κ2) is 6.27. The number of aliphatic carboxylic acids is 1. The Balaban J connectivity index is 4.47. The summed E-state index contributed by atoms with van der Waals surface area (Å²) in [6.07, 6.45) is 6.80. The van der Waals surface area contributed by atoms with Gasteiger partial charge in [0.2, 0.25) is 0 Å². The Bertz CT molecular complexity index is 221. The van der Waals surface area contributed by atoms with Gasteiger partial charge in [0, 0.05) is 0 Å². The first-order valence-electron chi connectivity index (χ1n) is 6.55. The van der Waals surface area contributed by atoms with Gasteiger partial charge in [0.25, 0.3) is 0 Å². The Kier molecular flexibility index (Phi) is 6.06. The van der Waals surface area contributed by atoms with Crippen LogP contribution in [-0.2, 0) is 4.79 Å². The molecule has 2 nitrogen and oxygen atoms in total. The number of hydrogen-bond acceptors (Lipinski definition) is 1. The number of unbranched alkanes of at least 4 members (excludes halogenated alkanes) is 3. The highest BCUT2D eigenvalue weighted by molar-refractivity contribution is 5.74. The number of carboxylic acids is 1. The van der Waals surface area contributed by atoms with Gasteiger partial charge in [-0.1, -0.05) is 46.5 Å². The highest BCUT2D eigenvalue weighted by atomic mass is 16.4. The van der Waals surface area contributed by atoms with Gasteiger partial charge in [-0.25, -0.2) is 0 Å². The van der Waals surface area contributed by atoms with Crippen molar-refractivity contribution >= 4 is 5.97 Å². The average Bonchev–Trinajstić information content (AvgIpc) is 2.23. The van der Waals surface area contributed by atoms with E-state index in [0.717, 1.165) is 19.3 Å². The summed E-state index contributed by atoms with van der Waals surface area (Å²) in [5.41, 5.74) is -0.722. The molecule has 0 radical (unpaired) electrons. The molecule has 0 rings (SSSR count). The maximum atomic E-state index is 11.3. The second-order valence-corrected chi connectivity index (χ2v) is 5.66. The minimum absolute atomic E-state index is 0.0907. The summed E-state index contributed by atoms with van der Waals surface area (Å²) in [4.78, 5) is 11.3. The van der Waals surface area contributed by atoms with Crippen LogP contribution in [0.1, 0.15) is 73.1 Å². The van der Waals surface area contributed by atoms with Crippen molar-refractivity contribution in [3.05, 3.63) is 0 Å². The van der Waals surface area contributed by atoms with E-state index in [1.54, 1.807) is 0 Å². The van der Waals surface area contributed by atoms with Crippen LogP contribution < -0.4 is 0 Å². The Morgan fingerprint density at radius 1 is 1.06 bits per heavy atom. The van der Waals surface area contributed by atoms with Gasteiger partial charge in [-0.05, 0) is 32.1 Å². The smallest absolute Gasteiger partial charge is 0.309 e. The normalized spacial score (nSPS) is 15.8. The van der Waals surface area contributed by atoms with Crippen LogP contribution >= 0.6 is 0 Å². The number of hydrogen-bond donors (Lipinski definition) is 1. The Labute approximate surface area is 100 Å². The van der Waals surface area contributed by atoms with Gasteiger partial charge in [0.15, 0.2) is 0 Å². The first-order chi connectivity index (χ1) is 7.31. The SMILES string of the molecule is CCCCCCC(C)(CC)C(C)(C)C(=O)O. The molecule has 0 heterocycles. The predicted molar refractivity (Wildman–Crippen MR) is 68.6 cm³/mol. The molecule has 0 aromatic carbocycles. The molecule has 0 aromatic rings. The van der Waals surface area contributed by atoms with E-state index in [0.29, 0.717) is 0 Å². The van der Waals surface area contributed by atoms with Crippen molar-refractivity contribution in [2.75, 3.05) is 0 Å². The van der Waals surface area contributed by atoms with Crippen LogP contribution in [0.25, 0.3) is 0 Å². The number of carboxylic acid groups (broad SMARTS) is 1. The lowest BCUT2D eigenvalue weighted by Gasteiger charge is -2.41. The fraction of sp³-hybridized carbons (Fsp3) is 0.929. The van der Waals surface area contributed by atoms with Crippen molar-refractivity contribution in [1.82, 2.24) is 0 Å². The van der Waals surface area contributed by atoms with Gasteiger partial charge < -0.3 is 5.11 Å². The molecule has 0 aliphatic carbocycles. The zero-order valence-electron chi connectivity index (χ0n) is 11.6. The molecule has 96 valence electrons. The van der Waals surface area contributed by atoms with Crippen molar-refractivity contribution in [2.24, 2.45) is 10.8 Å². The molecule has 0 amide bonds. The van der Waals surface area contributed by atoms with Crippen LogP contribution in [0.2, 0.25) is 0 Å². The number of rotatable bonds is 8. The lowest BCUT2D eigenvalue weighted by Crippen LogP contribution is -2.41. The molecule has 1 atom stereocenters. The fourth-order valence-electron chi connectivity index (χ4n) is 2.13. The quantitative estimate of drug-likeness (QED) is 0.622. The predicted octanol–water partition coefficient (Wildman–Crippen LogP) is 4.48. The number of carbonyl (C=O) groups is 1. The minimum atomic E-state index is -0.674. The second-order valence-electron chi connectivity index (χ2n) is 5.66. The summed E-state index contributed by atoms with van der Waals surface area (Å²) in [5.74, 6) is -0.674. The van der Waals surface area contributed by atoms with Crippen molar-refractivity contribution in [1.29, 1.82) is 0 Å². The van der Waals surface area contributed by atoms with Crippen LogP contribution in [0.15, 0.2) is 0 Å². The first kappa shape index (κ1) is 15.5. The summed E-state index contributed by atoms with van der Waals surface area (Å²) in [6.45, 7) is 10.1. The molecule has 0 saturated carbocycles. The van der Waals surface area contributed by atoms with E-state index < -0.39 is 11.4 Å². The zero-order valence-corrected chi connectivity index (χ0v) is 11.6. The molecule has 1 unspecified atom stereocenters. The third-order valence-corrected chi connectivity index (χ3v) is 4.41. The molecular formula is C14H28O2. The molecule has 0 aliphatic rings. The Morgan fingerprint density at radius 3 is 2.00 bits per heavy atom. The van der Waals surface area contributed by atoms with Crippen molar-refractivity contribution in [3.8, 4) is 0 Å². The van der Waals surface area contributed by atoms with Gasteiger partial charge in [0.05, 0.1) is 5.41 Å². The van der Waals surface area contributed by atoms with Gasteiger partial charge in [-0.3, -0.25) is 4.79 Å². The summed E-state index contributed by atoms with van der Waals surface area (Å²) in [6, 6.07) is 0. The Hall–Kier alpha value is -0.530. The molecule has 0 aromatic heterocycles. The average molecular weight is 228 g/mol. The third kappa shape index (κ3) is 3.50. The van der Waals surface area contributed by atoms with Crippen LogP contribution in [0, 0.1) is 10.8 Å².